The Balaban J connectivity index is 2.34. The molecule has 0 aliphatic carbocycles. The second-order valence-corrected chi connectivity index (χ2v) is 4.46. The highest BCUT2D eigenvalue weighted by molar-refractivity contribution is 6.34. The van der Waals surface area contributed by atoms with E-state index in [1.165, 1.54) is 0 Å². The van der Waals surface area contributed by atoms with Crippen molar-refractivity contribution in [3.05, 3.63) is 28.8 Å². The van der Waals surface area contributed by atoms with Crippen molar-refractivity contribution in [1.29, 1.82) is 0 Å². The number of carbonyl (C=O) groups is 1. The molecule has 4 nitrogen and oxygen atoms in total. The number of methoxy groups -OCH3 is 1. The van der Waals surface area contributed by atoms with Gasteiger partial charge in [-0.3, -0.25) is 4.79 Å². The number of nitrogens with two attached hydrogens (primary N) is 1. The summed E-state index contributed by atoms with van der Waals surface area (Å²) in [6, 6.07) is 4.89. The van der Waals surface area contributed by atoms with Gasteiger partial charge in [0.2, 0.25) is 0 Å². The van der Waals surface area contributed by atoms with E-state index in [1.807, 2.05) is 0 Å². The van der Waals surface area contributed by atoms with Crippen LogP contribution >= 0.6 is 11.6 Å². The van der Waals surface area contributed by atoms with Crippen molar-refractivity contribution < 1.29 is 9.53 Å². The number of nitrogen functional groups attached to an aromatic ring is 1. The molecule has 0 unspecified atom stereocenters. The molecule has 0 aliphatic heterocycles. The summed E-state index contributed by atoms with van der Waals surface area (Å²) < 4.78 is 4.95. The van der Waals surface area contributed by atoms with Crippen LogP contribution in [0.1, 0.15) is 29.6 Å². The van der Waals surface area contributed by atoms with E-state index in [0.717, 1.165) is 25.9 Å². The molecule has 0 aromatic heterocycles. The summed E-state index contributed by atoms with van der Waals surface area (Å²) in [5.74, 6) is -0.181. The van der Waals surface area contributed by atoms with E-state index in [-0.39, 0.29) is 5.91 Å². The highest BCUT2D eigenvalue weighted by Gasteiger charge is 2.09. The van der Waals surface area contributed by atoms with Gasteiger partial charge in [-0.05, 0) is 37.5 Å². The SMILES string of the molecule is COCCCCCNC(=O)c1cc(N)ccc1Cl. The summed E-state index contributed by atoms with van der Waals surface area (Å²) >= 11 is 5.94. The van der Waals surface area contributed by atoms with E-state index < -0.39 is 0 Å². The first-order valence-electron chi connectivity index (χ1n) is 5.97. The van der Waals surface area contributed by atoms with Crippen LogP contribution < -0.4 is 11.1 Å². The van der Waals surface area contributed by atoms with E-state index in [9.17, 15) is 4.79 Å². The molecule has 0 bridgehead atoms. The second-order valence-electron chi connectivity index (χ2n) is 4.05. The molecule has 1 aromatic rings. The average Bonchev–Trinajstić information content (AvgIpc) is 2.36. The topological polar surface area (TPSA) is 64.3 Å². The number of unbranched alkanes of at least 4 members (excludes halogenated alkanes) is 2. The smallest absolute Gasteiger partial charge is 0.252 e. The molecule has 0 radical (unpaired) electrons. The van der Waals surface area contributed by atoms with E-state index in [4.69, 9.17) is 22.1 Å². The normalized spacial score (nSPS) is 10.3. The zero-order chi connectivity index (χ0) is 13.4. The number of halogens is 1. The van der Waals surface area contributed by atoms with Gasteiger partial charge in [0, 0.05) is 25.9 Å². The fourth-order valence-electron chi connectivity index (χ4n) is 1.56. The molecule has 0 aliphatic rings. The number of amides is 1. The maximum atomic E-state index is 11.8. The first-order valence-corrected chi connectivity index (χ1v) is 6.35. The Morgan fingerprint density at radius 2 is 2.17 bits per heavy atom. The second kappa shape index (κ2) is 7.95. The van der Waals surface area contributed by atoms with E-state index >= 15 is 0 Å². The average molecular weight is 271 g/mol. The molecule has 3 N–H and O–H groups in total. The van der Waals surface area contributed by atoms with Gasteiger partial charge in [0.1, 0.15) is 0 Å². The molecule has 0 saturated heterocycles. The molecule has 1 aromatic carbocycles. The molecule has 0 heterocycles. The van der Waals surface area contributed by atoms with Crippen molar-refractivity contribution in [1.82, 2.24) is 5.32 Å². The number of hydrogen-bond acceptors (Lipinski definition) is 3. The van der Waals surface area contributed by atoms with Crippen LogP contribution in [-0.2, 0) is 4.74 Å². The van der Waals surface area contributed by atoms with E-state index in [2.05, 4.69) is 5.32 Å². The predicted molar refractivity (Wildman–Crippen MR) is 73.9 cm³/mol. The van der Waals surface area contributed by atoms with Crippen LogP contribution in [0.3, 0.4) is 0 Å². The van der Waals surface area contributed by atoms with Crippen molar-refractivity contribution >= 4 is 23.2 Å². The molecule has 1 amide bonds. The molecule has 0 atom stereocenters. The van der Waals surface area contributed by atoms with Gasteiger partial charge in [-0.25, -0.2) is 0 Å². The zero-order valence-corrected chi connectivity index (χ0v) is 11.3. The van der Waals surface area contributed by atoms with Gasteiger partial charge in [0.05, 0.1) is 10.6 Å². The molecule has 18 heavy (non-hydrogen) atoms. The Morgan fingerprint density at radius 3 is 2.89 bits per heavy atom. The third-order valence-corrected chi connectivity index (χ3v) is 2.88. The Labute approximate surface area is 112 Å². The third kappa shape index (κ3) is 4.94. The lowest BCUT2D eigenvalue weighted by molar-refractivity contribution is 0.0953. The quantitative estimate of drug-likeness (QED) is 0.591. The molecule has 0 fully saturated rings. The Morgan fingerprint density at radius 1 is 1.39 bits per heavy atom. The highest BCUT2D eigenvalue weighted by atomic mass is 35.5. The van der Waals surface area contributed by atoms with Gasteiger partial charge in [-0.2, -0.15) is 0 Å². The van der Waals surface area contributed by atoms with Gasteiger partial charge in [-0.15, -0.1) is 0 Å². The number of benzene rings is 1. The number of nitrogens with one attached hydrogen (secondary N) is 1. The van der Waals surface area contributed by atoms with Crippen molar-refractivity contribution in [2.75, 3.05) is 26.0 Å². The highest BCUT2D eigenvalue weighted by Crippen LogP contribution is 2.18. The third-order valence-electron chi connectivity index (χ3n) is 2.55. The number of hydrogen-bond donors (Lipinski definition) is 2. The molecular formula is C13H19ClN2O2. The largest absolute Gasteiger partial charge is 0.399 e. The first kappa shape index (κ1) is 14.8. The van der Waals surface area contributed by atoms with Gasteiger partial charge < -0.3 is 15.8 Å². The fourth-order valence-corrected chi connectivity index (χ4v) is 1.77. The lowest BCUT2D eigenvalue weighted by atomic mass is 10.2. The first-order chi connectivity index (χ1) is 8.65. The summed E-state index contributed by atoms with van der Waals surface area (Å²) in [5.41, 5.74) is 6.58. The molecule has 0 spiro atoms. The number of rotatable bonds is 7. The minimum atomic E-state index is -0.181. The zero-order valence-electron chi connectivity index (χ0n) is 10.5. The molecular weight excluding hydrogens is 252 g/mol. The summed E-state index contributed by atoms with van der Waals surface area (Å²) in [4.78, 5) is 11.8. The molecule has 5 heteroatoms. The Bertz CT molecular complexity index is 397. The van der Waals surface area contributed by atoms with Gasteiger partial charge >= 0.3 is 0 Å². The predicted octanol–water partition coefficient (Wildman–Crippen LogP) is 2.47. The van der Waals surface area contributed by atoms with Crippen LogP contribution in [0.15, 0.2) is 18.2 Å². The number of anilines is 1. The summed E-state index contributed by atoms with van der Waals surface area (Å²) in [6.45, 7) is 1.39. The number of carbonyl (C=O) groups excluding carboxylic acids is 1. The molecule has 100 valence electrons. The summed E-state index contributed by atoms with van der Waals surface area (Å²) in [5, 5.41) is 3.24. The minimum Gasteiger partial charge on any atom is -0.399 e. The van der Waals surface area contributed by atoms with Gasteiger partial charge in [-0.1, -0.05) is 11.6 Å². The van der Waals surface area contributed by atoms with Crippen LogP contribution in [0.2, 0.25) is 5.02 Å². The lowest BCUT2D eigenvalue weighted by Gasteiger charge is -2.07. The minimum absolute atomic E-state index is 0.181. The molecule has 1 rings (SSSR count). The Kier molecular flexibility index (Phi) is 6.54. The monoisotopic (exact) mass is 270 g/mol. The van der Waals surface area contributed by atoms with Crippen molar-refractivity contribution in [2.24, 2.45) is 0 Å². The van der Waals surface area contributed by atoms with Crippen LogP contribution in [0.5, 0.6) is 0 Å². The van der Waals surface area contributed by atoms with Crippen LogP contribution in [0, 0.1) is 0 Å². The molecule has 0 saturated carbocycles. The maximum Gasteiger partial charge on any atom is 0.252 e. The number of ether oxygens (including phenoxy) is 1. The van der Waals surface area contributed by atoms with Gasteiger partial charge in [0.25, 0.3) is 5.91 Å². The summed E-state index contributed by atoms with van der Waals surface area (Å²) in [6.07, 6.45) is 2.96. The Hall–Kier alpha value is -1.26. The maximum absolute atomic E-state index is 11.8. The van der Waals surface area contributed by atoms with E-state index in [1.54, 1.807) is 25.3 Å². The van der Waals surface area contributed by atoms with Crippen molar-refractivity contribution in [2.45, 2.75) is 19.3 Å². The fraction of sp³-hybridized carbons (Fsp3) is 0.462. The standard InChI is InChI=1S/C13H19ClN2O2/c1-18-8-4-2-3-7-16-13(17)11-9-10(15)5-6-12(11)14/h5-6,9H,2-4,7-8,15H2,1H3,(H,16,17). The lowest BCUT2D eigenvalue weighted by Crippen LogP contribution is -2.24. The van der Waals surface area contributed by atoms with Crippen LogP contribution in [0.25, 0.3) is 0 Å². The van der Waals surface area contributed by atoms with E-state index in [0.29, 0.717) is 22.8 Å². The van der Waals surface area contributed by atoms with Crippen LogP contribution in [0.4, 0.5) is 5.69 Å². The van der Waals surface area contributed by atoms with Gasteiger partial charge in [0.15, 0.2) is 0 Å². The summed E-state index contributed by atoms with van der Waals surface area (Å²) in [7, 11) is 1.68. The van der Waals surface area contributed by atoms with Crippen molar-refractivity contribution in [3.8, 4) is 0 Å². The van der Waals surface area contributed by atoms with Crippen molar-refractivity contribution in [3.63, 3.8) is 0 Å². The van der Waals surface area contributed by atoms with Crippen LogP contribution in [-0.4, -0.2) is 26.2 Å².